The number of ether oxygens (including phenoxy) is 1. The summed E-state index contributed by atoms with van der Waals surface area (Å²) >= 11 is 0. The number of nitro benzene ring substituents is 2. The van der Waals surface area contributed by atoms with Crippen LogP contribution in [-0.2, 0) is 9.59 Å². The van der Waals surface area contributed by atoms with Gasteiger partial charge in [-0.1, -0.05) is 18.2 Å². The molecule has 2 fully saturated rings. The van der Waals surface area contributed by atoms with E-state index in [-0.39, 0.29) is 28.4 Å². The standard InChI is InChI=1S/C23H17N5O8/c1-36-17-8-7-14(28(34)35)11-16(17)25-22(30)18-15-6-3-9-24-26(15)20(19(18)23(25)31)21(29)12-4-2-5-13(10-12)27(32)33/h2-11,15,18-20H,1H3/t15-,18+,19-,20+/m1/s1. The number of hydrazone groups is 1. The average molecular weight is 491 g/mol. The van der Waals surface area contributed by atoms with Crippen LogP contribution in [0.2, 0.25) is 0 Å². The number of Topliss-reactive ketones (excluding diaryl/α,β-unsaturated/α-hetero) is 1. The number of fused-ring (bicyclic) bond motifs is 3. The van der Waals surface area contributed by atoms with E-state index < -0.39 is 51.4 Å². The summed E-state index contributed by atoms with van der Waals surface area (Å²) in [7, 11) is 1.30. The fraction of sp³-hybridized carbons (Fsp3) is 0.217. The number of hydrogen-bond acceptors (Lipinski definition) is 10. The Morgan fingerprint density at radius 2 is 1.69 bits per heavy atom. The molecule has 0 saturated carbocycles. The van der Waals surface area contributed by atoms with Crippen LogP contribution in [0.1, 0.15) is 10.4 Å². The number of rotatable bonds is 6. The summed E-state index contributed by atoms with van der Waals surface area (Å²) in [4.78, 5) is 63.0. The minimum Gasteiger partial charge on any atom is -0.495 e. The van der Waals surface area contributed by atoms with E-state index in [9.17, 15) is 34.6 Å². The van der Waals surface area contributed by atoms with Gasteiger partial charge in [0.15, 0.2) is 5.78 Å². The van der Waals surface area contributed by atoms with Crippen LogP contribution in [0.5, 0.6) is 5.75 Å². The van der Waals surface area contributed by atoms with Crippen molar-refractivity contribution in [3.63, 3.8) is 0 Å². The zero-order chi connectivity index (χ0) is 25.7. The number of carbonyl (C=O) groups is 3. The lowest BCUT2D eigenvalue weighted by molar-refractivity contribution is -0.385. The molecule has 13 heteroatoms. The molecule has 3 aliphatic heterocycles. The molecular weight excluding hydrogens is 474 g/mol. The van der Waals surface area contributed by atoms with Crippen LogP contribution >= 0.6 is 0 Å². The van der Waals surface area contributed by atoms with E-state index in [0.717, 1.165) is 17.0 Å². The van der Waals surface area contributed by atoms with Gasteiger partial charge in [-0.25, -0.2) is 4.90 Å². The highest BCUT2D eigenvalue weighted by Gasteiger charge is 2.64. The van der Waals surface area contributed by atoms with E-state index >= 15 is 0 Å². The summed E-state index contributed by atoms with van der Waals surface area (Å²) in [6, 6.07) is 6.66. The minimum absolute atomic E-state index is 0.00928. The monoisotopic (exact) mass is 491 g/mol. The topological polar surface area (TPSA) is 166 Å². The van der Waals surface area contributed by atoms with Crippen molar-refractivity contribution in [3.8, 4) is 5.75 Å². The summed E-state index contributed by atoms with van der Waals surface area (Å²) in [5.41, 5.74) is -0.764. The SMILES string of the molecule is COc1ccc([N+](=O)[O-])cc1N1C(=O)[C@@H]2[C@@H](C1=O)[C@@H](C(=O)c1cccc([N+](=O)[O-])c1)N1N=CC=C[C@H]21. The van der Waals surface area contributed by atoms with Crippen molar-refractivity contribution >= 4 is 40.9 Å². The molecule has 4 atom stereocenters. The number of amides is 2. The van der Waals surface area contributed by atoms with E-state index in [1.807, 2.05) is 0 Å². The third-order valence-electron chi connectivity index (χ3n) is 6.52. The summed E-state index contributed by atoms with van der Waals surface area (Å²) in [6.07, 6.45) is 4.65. The van der Waals surface area contributed by atoms with Gasteiger partial charge in [-0.15, -0.1) is 0 Å². The number of non-ortho nitro benzene ring substituents is 2. The van der Waals surface area contributed by atoms with Crippen LogP contribution in [0.3, 0.4) is 0 Å². The highest BCUT2D eigenvalue weighted by Crippen LogP contribution is 2.48. The molecule has 0 bridgehead atoms. The molecule has 2 saturated heterocycles. The normalized spacial score (nSPS) is 24.0. The lowest BCUT2D eigenvalue weighted by Gasteiger charge is -2.30. The van der Waals surface area contributed by atoms with Crippen LogP contribution in [0.25, 0.3) is 0 Å². The van der Waals surface area contributed by atoms with E-state index in [1.165, 1.54) is 48.7 Å². The molecule has 0 N–H and O–H groups in total. The Kier molecular flexibility index (Phi) is 5.31. The maximum Gasteiger partial charge on any atom is 0.271 e. The summed E-state index contributed by atoms with van der Waals surface area (Å²) < 4.78 is 5.25. The number of carbonyl (C=O) groups excluding carboxylic acids is 3. The van der Waals surface area contributed by atoms with Crippen molar-refractivity contribution in [2.24, 2.45) is 16.9 Å². The van der Waals surface area contributed by atoms with Crippen molar-refractivity contribution in [2.45, 2.75) is 12.1 Å². The Hall–Kier alpha value is -4.94. The third kappa shape index (κ3) is 3.32. The van der Waals surface area contributed by atoms with Gasteiger partial charge >= 0.3 is 0 Å². The number of nitrogens with zero attached hydrogens (tertiary/aromatic N) is 5. The maximum absolute atomic E-state index is 13.7. The minimum atomic E-state index is -1.23. The second-order valence-corrected chi connectivity index (χ2v) is 8.31. The Labute approximate surface area is 202 Å². The molecule has 0 radical (unpaired) electrons. The molecule has 3 aliphatic rings. The fourth-order valence-corrected chi connectivity index (χ4v) is 4.98. The molecule has 2 aromatic rings. The first kappa shape index (κ1) is 22.8. The molecule has 36 heavy (non-hydrogen) atoms. The highest BCUT2D eigenvalue weighted by molar-refractivity contribution is 6.25. The first-order chi connectivity index (χ1) is 17.2. The molecule has 0 spiro atoms. The van der Waals surface area contributed by atoms with Crippen molar-refractivity contribution in [1.29, 1.82) is 0 Å². The zero-order valence-corrected chi connectivity index (χ0v) is 18.6. The van der Waals surface area contributed by atoms with Gasteiger partial charge in [-0.3, -0.25) is 39.6 Å². The second kappa shape index (κ2) is 8.37. The number of imide groups is 1. The van der Waals surface area contributed by atoms with E-state index in [2.05, 4.69) is 5.10 Å². The molecule has 13 nitrogen and oxygen atoms in total. The first-order valence-electron chi connectivity index (χ1n) is 10.7. The summed E-state index contributed by atoms with van der Waals surface area (Å²) in [6.45, 7) is 0. The lowest BCUT2D eigenvalue weighted by Crippen LogP contribution is -2.46. The number of anilines is 1. The lowest BCUT2D eigenvalue weighted by atomic mass is 9.86. The van der Waals surface area contributed by atoms with Crippen molar-refractivity contribution < 1.29 is 29.0 Å². The first-order valence-corrected chi connectivity index (χ1v) is 10.7. The molecule has 5 rings (SSSR count). The molecule has 2 amide bonds. The number of methoxy groups -OCH3 is 1. The highest BCUT2D eigenvalue weighted by atomic mass is 16.6. The molecule has 2 aromatic carbocycles. The molecule has 0 aliphatic carbocycles. The van der Waals surface area contributed by atoms with Crippen LogP contribution in [0.15, 0.2) is 59.7 Å². The molecule has 3 heterocycles. The smallest absolute Gasteiger partial charge is 0.271 e. The summed E-state index contributed by atoms with van der Waals surface area (Å²) in [5.74, 6) is -4.14. The van der Waals surface area contributed by atoms with Crippen LogP contribution < -0.4 is 9.64 Å². The summed E-state index contributed by atoms with van der Waals surface area (Å²) in [5, 5.41) is 28.2. The molecule has 0 aromatic heterocycles. The maximum atomic E-state index is 13.7. The predicted molar refractivity (Wildman–Crippen MR) is 124 cm³/mol. The van der Waals surface area contributed by atoms with Gasteiger partial charge in [0.2, 0.25) is 11.8 Å². The third-order valence-corrected chi connectivity index (χ3v) is 6.52. The van der Waals surface area contributed by atoms with Crippen molar-refractivity contribution in [1.82, 2.24) is 5.01 Å². The molecular formula is C23H17N5O8. The van der Waals surface area contributed by atoms with Crippen molar-refractivity contribution in [3.05, 3.63) is 80.4 Å². The fourth-order valence-electron chi connectivity index (χ4n) is 4.98. The Morgan fingerprint density at radius 1 is 1.00 bits per heavy atom. The van der Waals surface area contributed by atoms with Gasteiger partial charge in [-0.05, 0) is 12.1 Å². The van der Waals surface area contributed by atoms with Crippen LogP contribution in [0.4, 0.5) is 17.1 Å². The zero-order valence-electron chi connectivity index (χ0n) is 18.6. The molecule has 182 valence electrons. The van der Waals surface area contributed by atoms with E-state index in [4.69, 9.17) is 4.74 Å². The largest absolute Gasteiger partial charge is 0.495 e. The van der Waals surface area contributed by atoms with Gasteiger partial charge < -0.3 is 4.74 Å². The number of allylic oxidation sites excluding steroid dienone is 1. The van der Waals surface area contributed by atoms with Crippen LogP contribution in [-0.4, -0.2) is 57.9 Å². The number of benzene rings is 2. The van der Waals surface area contributed by atoms with E-state index in [1.54, 1.807) is 12.2 Å². The quantitative estimate of drug-likeness (QED) is 0.254. The van der Waals surface area contributed by atoms with Crippen molar-refractivity contribution in [2.75, 3.05) is 12.0 Å². The number of ketones is 1. The Bertz CT molecular complexity index is 1400. The Morgan fingerprint density at radius 3 is 2.39 bits per heavy atom. The number of hydrogen-bond donors (Lipinski definition) is 0. The van der Waals surface area contributed by atoms with Gasteiger partial charge in [0.05, 0.1) is 34.8 Å². The van der Waals surface area contributed by atoms with Gasteiger partial charge in [0.25, 0.3) is 11.4 Å². The number of nitro groups is 2. The average Bonchev–Trinajstić information content (AvgIpc) is 3.35. The Balaban J connectivity index is 1.60. The van der Waals surface area contributed by atoms with E-state index in [0.29, 0.717) is 0 Å². The predicted octanol–water partition coefficient (Wildman–Crippen LogP) is 2.11. The second-order valence-electron chi connectivity index (χ2n) is 8.31. The van der Waals surface area contributed by atoms with Crippen LogP contribution in [0, 0.1) is 32.1 Å². The van der Waals surface area contributed by atoms with Gasteiger partial charge in [0.1, 0.15) is 17.5 Å². The van der Waals surface area contributed by atoms with Gasteiger partial charge in [0, 0.05) is 36.0 Å². The molecule has 0 unspecified atom stereocenters. The van der Waals surface area contributed by atoms with Gasteiger partial charge in [-0.2, -0.15) is 5.10 Å².